The van der Waals surface area contributed by atoms with Crippen molar-refractivity contribution in [2.75, 3.05) is 26.2 Å². The van der Waals surface area contributed by atoms with Crippen LogP contribution in [0.25, 0.3) is 0 Å². The molecule has 114 valence electrons. The number of nitriles is 1. The molecule has 0 spiro atoms. The maximum Gasteiger partial charge on any atom is 0.251 e. The third-order valence-electron chi connectivity index (χ3n) is 3.55. The lowest BCUT2D eigenvalue weighted by Gasteiger charge is -2.17. The summed E-state index contributed by atoms with van der Waals surface area (Å²) in [6.07, 6.45) is 2.42. The number of benzene rings is 1. The topological polar surface area (TPSA) is 56.1 Å². The number of hydrogen-bond acceptors (Lipinski definition) is 3. The van der Waals surface area contributed by atoms with E-state index in [9.17, 15) is 4.79 Å². The third-order valence-corrected chi connectivity index (χ3v) is 3.55. The Morgan fingerprint density at radius 1 is 1.29 bits per heavy atom. The van der Waals surface area contributed by atoms with Crippen molar-refractivity contribution in [2.45, 2.75) is 33.1 Å². The molecule has 0 heterocycles. The Kier molecular flexibility index (Phi) is 8.15. The highest BCUT2D eigenvalue weighted by atomic mass is 16.1. The van der Waals surface area contributed by atoms with Gasteiger partial charge in [0.05, 0.1) is 12.5 Å². The molecule has 1 amide bonds. The van der Waals surface area contributed by atoms with Crippen LogP contribution in [0.15, 0.2) is 24.3 Å². The second kappa shape index (κ2) is 9.95. The minimum Gasteiger partial charge on any atom is -0.352 e. The molecule has 0 aliphatic carbocycles. The Balaban J connectivity index is 2.31. The first-order chi connectivity index (χ1) is 10.2. The van der Waals surface area contributed by atoms with Gasteiger partial charge in [-0.2, -0.15) is 5.26 Å². The lowest BCUT2D eigenvalue weighted by molar-refractivity contribution is 0.0952. The Bertz CT molecular complexity index is 475. The molecule has 0 saturated heterocycles. The molecule has 21 heavy (non-hydrogen) atoms. The summed E-state index contributed by atoms with van der Waals surface area (Å²) in [5.41, 5.74) is 1.51. The SMILES string of the molecule is CCN(CC)CCCCNC(=O)c1cccc(CC#N)c1. The third kappa shape index (κ3) is 6.42. The van der Waals surface area contributed by atoms with E-state index in [1.165, 1.54) is 0 Å². The summed E-state index contributed by atoms with van der Waals surface area (Å²) in [7, 11) is 0. The average molecular weight is 287 g/mol. The van der Waals surface area contributed by atoms with E-state index in [0.717, 1.165) is 38.0 Å². The summed E-state index contributed by atoms with van der Waals surface area (Å²) < 4.78 is 0. The van der Waals surface area contributed by atoms with Crippen LogP contribution < -0.4 is 5.32 Å². The molecule has 0 atom stereocenters. The van der Waals surface area contributed by atoms with Gasteiger partial charge in [-0.05, 0) is 50.2 Å². The number of rotatable bonds is 9. The minimum absolute atomic E-state index is 0.0578. The Hall–Kier alpha value is -1.86. The van der Waals surface area contributed by atoms with Crippen molar-refractivity contribution in [3.05, 3.63) is 35.4 Å². The number of nitrogens with zero attached hydrogens (tertiary/aromatic N) is 2. The summed E-state index contributed by atoms with van der Waals surface area (Å²) in [5.74, 6) is -0.0578. The normalized spacial score (nSPS) is 10.4. The molecule has 4 heteroatoms. The van der Waals surface area contributed by atoms with Gasteiger partial charge in [0, 0.05) is 12.1 Å². The smallest absolute Gasteiger partial charge is 0.251 e. The van der Waals surface area contributed by atoms with Crippen molar-refractivity contribution in [3.63, 3.8) is 0 Å². The fraction of sp³-hybridized carbons (Fsp3) is 0.529. The zero-order chi connectivity index (χ0) is 15.5. The Morgan fingerprint density at radius 2 is 2.05 bits per heavy atom. The highest BCUT2D eigenvalue weighted by Gasteiger charge is 2.05. The van der Waals surface area contributed by atoms with Gasteiger partial charge < -0.3 is 10.2 Å². The molecule has 0 fully saturated rings. The molecule has 1 N–H and O–H groups in total. The monoisotopic (exact) mass is 287 g/mol. The fourth-order valence-corrected chi connectivity index (χ4v) is 2.22. The zero-order valence-electron chi connectivity index (χ0n) is 13.1. The largest absolute Gasteiger partial charge is 0.352 e. The number of amides is 1. The van der Waals surface area contributed by atoms with Crippen molar-refractivity contribution >= 4 is 5.91 Å². The van der Waals surface area contributed by atoms with Crippen LogP contribution in [-0.2, 0) is 6.42 Å². The highest BCUT2D eigenvalue weighted by molar-refractivity contribution is 5.94. The van der Waals surface area contributed by atoms with E-state index in [1.54, 1.807) is 12.1 Å². The quantitative estimate of drug-likeness (QED) is 0.710. The zero-order valence-corrected chi connectivity index (χ0v) is 13.1. The van der Waals surface area contributed by atoms with Crippen LogP contribution >= 0.6 is 0 Å². The lowest BCUT2D eigenvalue weighted by atomic mass is 10.1. The molecule has 1 rings (SSSR count). The summed E-state index contributed by atoms with van der Waals surface area (Å²) in [6, 6.07) is 9.35. The van der Waals surface area contributed by atoms with E-state index in [1.807, 2.05) is 12.1 Å². The van der Waals surface area contributed by atoms with Crippen molar-refractivity contribution in [3.8, 4) is 6.07 Å². The summed E-state index contributed by atoms with van der Waals surface area (Å²) in [5, 5.41) is 11.6. The first kappa shape index (κ1) is 17.2. The lowest BCUT2D eigenvalue weighted by Crippen LogP contribution is -2.27. The van der Waals surface area contributed by atoms with E-state index < -0.39 is 0 Å². The second-order valence-corrected chi connectivity index (χ2v) is 5.03. The van der Waals surface area contributed by atoms with E-state index in [-0.39, 0.29) is 5.91 Å². The first-order valence-electron chi connectivity index (χ1n) is 7.67. The molecule has 0 aliphatic rings. The van der Waals surface area contributed by atoms with Gasteiger partial charge in [0.2, 0.25) is 0 Å². The van der Waals surface area contributed by atoms with Gasteiger partial charge in [-0.1, -0.05) is 26.0 Å². The van der Waals surface area contributed by atoms with Crippen LogP contribution in [0.3, 0.4) is 0 Å². The number of carbonyl (C=O) groups is 1. The van der Waals surface area contributed by atoms with Crippen LogP contribution in [-0.4, -0.2) is 37.0 Å². The molecular formula is C17H25N3O. The van der Waals surface area contributed by atoms with Crippen molar-refractivity contribution in [2.24, 2.45) is 0 Å². The number of unbranched alkanes of at least 4 members (excludes halogenated alkanes) is 1. The van der Waals surface area contributed by atoms with Gasteiger partial charge in [0.1, 0.15) is 0 Å². The number of carbonyl (C=O) groups excluding carboxylic acids is 1. The maximum atomic E-state index is 12.0. The molecule has 0 radical (unpaired) electrons. The maximum absolute atomic E-state index is 12.0. The standard InChI is InChI=1S/C17H25N3O/c1-3-20(4-2)13-6-5-12-19-17(21)16-9-7-8-15(14-16)10-11-18/h7-9,14H,3-6,10,12-13H2,1-2H3,(H,19,21). The van der Waals surface area contributed by atoms with E-state index in [0.29, 0.717) is 18.5 Å². The van der Waals surface area contributed by atoms with Gasteiger partial charge in [-0.25, -0.2) is 0 Å². The fourth-order valence-electron chi connectivity index (χ4n) is 2.22. The Labute approximate surface area is 127 Å². The summed E-state index contributed by atoms with van der Waals surface area (Å²) in [4.78, 5) is 14.4. The first-order valence-corrected chi connectivity index (χ1v) is 7.67. The summed E-state index contributed by atoms with van der Waals surface area (Å²) >= 11 is 0. The minimum atomic E-state index is -0.0578. The predicted octanol–water partition coefficient (Wildman–Crippen LogP) is 2.60. The second-order valence-electron chi connectivity index (χ2n) is 5.03. The molecule has 1 aromatic rings. The average Bonchev–Trinajstić information content (AvgIpc) is 2.51. The number of nitrogens with one attached hydrogen (secondary N) is 1. The van der Waals surface area contributed by atoms with Crippen molar-refractivity contribution in [1.82, 2.24) is 10.2 Å². The highest BCUT2D eigenvalue weighted by Crippen LogP contribution is 2.06. The van der Waals surface area contributed by atoms with Gasteiger partial charge in [0.15, 0.2) is 0 Å². The molecule has 0 aliphatic heterocycles. The molecule has 0 aromatic heterocycles. The molecule has 0 saturated carbocycles. The molecular weight excluding hydrogens is 262 g/mol. The molecule has 0 unspecified atom stereocenters. The summed E-state index contributed by atoms with van der Waals surface area (Å²) in [6.45, 7) is 8.27. The van der Waals surface area contributed by atoms with Crippen LogP contribution in [0.2, 0.25) is 0 Å². The van der Waals surface area contributed by atoms with Gasteiger partial charge in [0.25, 0.3) is 5.91 Å². The van der Waals surface area contributed by atoms with Gasteiger partial charge in [-0.15, -0.1) is 0 Å². The molecule has 0 bridgehead atoms. The van der Waals surface area contributed by atoms with Crippen molar-refractivity contribution in [1.29, 1.82) is 5.26 Å². The van der Waals surface area contributed by atoms with Gasteiger partial charge >= 0.3 is 0 Å². The van der Waals surface area contributed by atoms with Crippen LogP contribution in [0.1, 0.15) is 42.6 Å². The Morgan fingerprint density at radius 3 is 2.71 bits per heavy atom. The van der Waals surface area contributed by atoms with E-state index >= 15 is 0 Å². The van der Waals surface area contributed by atoms with Crippen LogP contribution in [0, 0.1) is 11.3 Å². The number of hydrogen-bond donors (Lipinski definition) is 1. The molecule has 4 nitrogen and oxygen atoms in total. The van der Waals surface area contributed by atoms with E-state index in [2.05, 4.69) is 30.1 Å². The van der Waals surface area contributed by atoms with Gasteiger partial charge in [-0.3, -0.25) is 4.79 Å². The van der Waals surface area contributed by atoms with Crippen molar-refractivity contribution < 1.29 is 4.79 Å². The van der Waals surface area contributed by atoms with Crippen LogP contribution in [0.4, 0.5) is 0 Å². The van der Waals surface area contributed by atoms with Crippen LogP contribution in [0.5, 0.6) is 0 Å². The molecule has 1 aromatic carbocycles. The predicted molar refractivity (Wildman–Crippen MR) is 85.1 cm³/mol. The van der Waals surface area contributed by atoms with E-state index in [4.69, 9.17) is 5.26 Å².